The van der Waals surface area contributed by atoms with Gasteiger partial charge in [0.15, 0.2) is 0 Å². The molecule has 1 heterocycles. The maximum absolute atomic E-state index is 12.4. The van der Waals surface area contributed by atoms with E-state index in [2.05, 4.69) is 0 Å². The van der Waals surface area contributed by atoms with Crippen LogP contribution in [0.15, 0.2) is 18.3 Å². The fourth-order valence-corrected chi connectivity index (χ4v) is 1.80. The van der Waals surface area contributed by atoms with Crippen LogP contribution in [0.25, 0.3) is 0 Å². The summed E-state index contributed by atoms with van der Waals surface area (Å²) < 4.78 is 26.0. The Hall–Kier alpha value is -1.92. The molecule has 0 fully saturated rings. The van der Waals surface area contributed by atoms with Gasteiger partial charge in [-0.05, 0) is 32.9 Å². The molecule has 0 bridgehead atoms. The van der Waals surface area contributed by atoms with Crippen molar-refractivity contribution in [3.8, 4) is 0 Å². The normalized spacial score (nSPS) is 11.7. The minimum atomic E-state index is -2.59. The van der Waals surface area contributed by atoms with Crippen molar-refractivity contribution in [3.05, 3.63) is 24.0 Å². The summed E-state index contributed by atoms with van der Waals surface area (Å²) in [5, 5.41) is 8.89. The third-order valence-electron chi connectivity index (χ3n) is 2.73. The van der Waals surface area contributed by atoms with E-state index in [-0.39, 0.29) is 5.69 Å². The van der Waals surface area contributed by atoms with E-state index in [9.17, 15) is 18.4 Å². The number of aromatic nitrogens is 1. The Balaban J connectivity index is 3.07. The van der Waals surface area contributed by atoms with Crippen LogP contribution in [0, 0.1) is 0 Å². The zero-order chi connectivity index (χ0) is 15.5. The van der Waals surface area contributed by atoms with Crippen LogP contribution in [-0.2, 0) is 11.3 Å². The molecule has 0 spiro atoms. The SMILES string of the molecule is CC(C)(C)N(CC(=O)O)C(=O)c1cccn1CC(F)F. The highest BCUT2D eigenvalue weighted by atomic mass is 19.3. The summed E-state index contributed by atoms with van der Waals surface area (Å²) in [4.78, 5) is 24.4. The topological polar surface area (TPSA) is 62.5 Å². The number of carboxylic acids is 1. The summed E-state index contributed by atoms with van der Waals surface area (Å²) in [5.74, 6) is -1.73. The largest absolute Gasteiger partial charge is 0.480 e. The number of nitrogens with zero attached hydrogens (tertiary/aromatic N) is 2. The van der Waals surface area contributed by atoms with Crippen LogP contribution in [0.2, 0.25) is 0 Å². The van der Waals surface area contributed by atoms with Gasteiger partial charge in [-0.1, -0.05) is 0 Å². The Morgan fingerprint density at radius 3 is 2.45 bits per heavy atom. The number of hydrogen-bond donors (Lipinski definition) is 1. The highest BCUT2D eigenvalue weighted by Crippen LogP contribution is 2.18. The van der Waals surface area contributed by atoms with Crippen LogP contribution in [0.1, 0.15) is 31.3 Å². The number of aliphatic carboxylic acids is 1. The molecule has 0 radical (unpaired) electrons. The van der Waals surface area contributed by atoms with Gasteiger partial charge in [-0.25, -0.2) is 8.78 Å². The monoisotopic (exact) mass is 288 g/mol. The van der Waals surface area contributed by atoms with Gasteiger partial charge in [-0.3, -0.25) is 9.59 Å². The number of carbonyl (C=O) groups excluding carboxylic acids is 1. The number of hydrogen-bond acceptors (Lipinski definition) is 2. The van der Waals surface area contributed by atoms with Gasteiger partial charge in [-0.15, -0.1) is 0 Å². The molecule has 1 rings (SSSR count). The molecule has 0 saturated heterocycles. The summed E-state index contributed by atoms with van der Waals surface area (Å²) in [6.45, 7) is 3.98. The van der Waals surface area contributed by atoms with Gasteiger partial charge in [0.1, 0.15) is 12.2 Å². The van der Waals surface area contributed by atoms with Gasteiger partial charge in [0.2, 0.25) is 0 Å². The summed E-state index contributed by atoms with van der Waals surface area (Å²) >= 11 is 0. The minimum Gasteiger partial charge on any atom is -0.480 e. The lowest BCUT2D eigenvalue weighted by atomic mass is 10.1. The molecule has 0 aliphatic rings. The molecule has 0 aliphatic heterocycles. The predicted molar refractivity (Wildman–Crippen MR) is 68.9 cm³/mol. The van der Waals surface area contributed by atoms with Gasteiger partial charge in [-0.2, -0.15) is 0 Å². The van der Waals surface area contributed by atoms with E-state index in [4.69, 9.17) is 5.11 Å². The number of alkyl halides is 2. The Kier molecular flexibility index (Phi) is 4.86. The molecule has 0 aromatic carbocycles. The summed E-state index contributed by atoms with van der Waals surface area (Å²) in [6, 6.07) is 2.89. The molecule has 5 nitrogen and oxygen atoms in total. The molecule has 20 heavy (non-hydrogen) atoms. The van der Waals surface area contributed by atoms with Gasteiger partial charge in [0.25, 0.3) is 12.3 Å². The molecule has 0 aliphatic carbocycles. The maximum atomic E-state index is 12.4. The lowest BCUT2D eigenvalue weighted by Gasteiger charge is -2.34. The average Bonchev–Trinajstić information content (AvgIpc) is 2.70. The molecule has 1 N–H and O–H groups in total. The fraction of sp³-hybridized carbons (Fsp3) is 0.538. The van der Waals surface area contributed by atoms with Crippen LogP contribution in [0.4, 0.5) is 8.78 Å². The van der Waals surface area contributed by atoms with Crippen LogP contribution >= 0.6 is 0 Å². The second-order valence-electron chi connectivity index (χ2n) is 5.39. The summed E-state index contributed by atoms with van der Waals surface area (Å²) in [7, 11) is 0. The Bertz CT molecular complexity index is 492. The van der Waals surface area contributed by atoms with E-state index in [0.29, 0.717) is 0 Å². The van der Waals surface area contributed by atoms with Crippen molar-refractivity contribution in [3.63, 3.8) is 0 Å². The third-order valence-corrected chi connectivity index (χ3v) is 2.73. The highest BCUT2D eigenvalue weighted by Gasteiger charge is 2.30. The maximum Gasteiger partial charge on any atom is 0.323 e. The molecule has 0 unspecified atom stereocenters. The van der Waals surface area contributed by atoms with Crippen molar-refractivity contribution in [1.82, 2.24) is 9.47 Å². The first kappa shape index (κ1) is 16.1. The van der Waals surface area contributed by atoms with Crippen molar-refractivity contribution in [2.75, 3.05) is 6.54 Å². The van der Waals surface area contributed by atoms with Crippen molar-refractivity contribution in [2.45, 2.75) is 39.3 Å². The second kappa shape index (κ2) is 6.02. The fourth-order valence-electron chi connectivity index (χ4n) is 1.80. The Morgan fingerprint density at radius 1 is 1.40 bits per heavy atom. The molecule has 7 heteroatoms. The standard InChI is InChI=1S/C13H18F2N2O3/c1-13(2,3)17(8-11(18)19)12(20)9-5-4-6-16(9)7-10(14)15/h4-6,10H,7-8H2,1-3H3,(H,18,19). The van der Waals surface area contributed by atoms with Crippen LogP contribution in [-0.4, -0.2) is 45.0 Å². The first-order valence-corrected chi connectivity index (χ1v) is 6.10. The van der Waals surface area contributed by atoms with Crippen LogP contribution in [0.3, 0.4) is 0 Å². The van der Waals surface area contributed by atoms with Crippen molar-refractivity contribution >= 4 is 11.9 Å². The molecular formula is C13H18F2N2O3. The molecule has 1 aromatic rings. The van der Waals surface area contributed by atoms with Crippen molar-refractivity contribution in [1.29, 1.82) is 0 Å². The van der Waals surface area contributed by atoms with E-state index < -0.39 is 36.9 Å². The number of rotatable bonds is 5. The number of carboxylic acid groups (broad SMARTS) is 1. The van der Waals surface area contributed by atoms with Gasteiger partial charge < -0.3 is 14.6 Å². The zero-order valence-corrected chi connectivity index (χ0v) is 11.6. The molecular weight excluding hydrogens is 270 g/mol. The first-order valence-electron chi connectivity index (χ1n) is 6.10. The molecule has 0 atom stereocenters. The predicted octanol–water partition coefficient (Wildman–Crippen LogP) is 2.08. The lowest BCUT2D eigenvalue weighted by Crippen LogP contribution is -2.48. The van der Waals surface area contributed by atoms with E-state index in [1.54, 1.807) is 20.8 Å². The second-order valence-corrected chi connectivity index (χ2v) is 5.39. The first-order chi connectivity index (χ1) is 9.12. The Morgan fingerprint density at radius 2 is 2.00 bits per heavy atom. The smallest absolute Gasteiger partial charge is 0.323 e. The number of halogens is 2. The number of amides is 1. The van der Waals surface area contributed by atoms with Crippen molar-refractivity contribution < 1.29 is 23.5 Å². The number of carbonyl (C=O) groups is 2. The molecule has 1 amide bonds. The molecule has 1 aromatic heterocycles. The van der Waals surface area contributed by atoms with E-state index in [1.807, 2.05) is 0 Å². The Labute approximate surface area is 115 Å². The molecule has 112 valence electrons. The minimum absolute atomic E-state index is 0.0569. The quantitative estimate of drug-likeness (QED) is 0.902. The van der Waals surface area contributed by atoms with Crippen LogP contribution in [0.5, 0.6) is 0 Å². The summed E-state index contributed by atoms with van der Waals surface area (Å²) in [5.41, 5.74) is -0.670. The van der Waals surface area contributed by atoms with E-state index in [1.165, 1.54) is 18.3 Å². The van der Waals surface area contributed by atoms with E-state index >= 15 is 0 Å². The van der Waals surface area contributed by atoms with Gasteiger partial charge in [0.05, 0.1) is 6.54 Å². The van der Waals surface area contributed by atoms with Gasteiger partial charge in [0, 0.05) is 11.7 Å². The van der Waals surface area contributed by atoms with Gasteiger partial charge >= 0.3 is 5.97 Å². The third kappa shape index (κ3) is 4.04. The van der Waals surface area contributed by atoms with Crippen molar-refractivity contribution in [2.24, 2.45) is 0 Å². The highest BCUT2D eigenvalue weighted by molar-refractivity contribution is 5.95. The average molecular weight is 288 g/mol. The molecule has 0 saturated carbocycles. The zero-order valence-electron chi connectivity index (χ0n) is 11.6. The van der Waals surface area contributed by atoms with E-state index in [0.717, 1.165) is 9.47 Å². The van der Waals surface area contributed by atoms with Crippen LogP contribution < -0.4 is 0 Å². The summed E-state index contributed by atoms with van der Waals surface area (Å²) in [6.07, 6.45) is -1.21. The lowest BCUT2D eigenvalue weighted by molar-refractivity contribution is -0.138.